The molecule has 0 aromatic rings. The molecule has 21 heavy (non-hydrogen) atoms. The van der Waals surface area contributed by atoms with E-state index in [1.54, 1.807) is 0 Å². The molecule has 2 atom stereocenters. The standard InChI is InChI=1S/C16H31N3O2/c1-4-6-9-18-15(20)13-7-10-19(11-8-13)16(21)14(17)12(3)5-2/h12-14H,4-11,17H2,1-3H3,(H,18,20)/t12?,14-/m0/s1. The molecule has 5 nitrogen and oxygen atoms in total. The van der Waals surface area contributed by atoms with Crippen molar-refractivity contribution in [1.82, 2.24) is 10.2 Å². The van der Waals surface area contributed by atoms with Crippen LogP contribution in [0.25, 0.3) is 0 Å². The summed E-state index contributed by atoms with van der Waals surface area (Å²) in [4.78, 5) is 26.1. The highest BCUT2D eigenvalue weighted by Crippen LogP contribution is 2.19. The van der Waals surface area contributed by atoms with Crippen LogP contribution in [-0.2, 0) is 9.59 Å². The number of carbonyl (C=O) groups excluding carboxylic acids is 2. The third kappa shape index (κ3) is 5.30. The fraction of sp³-hybridized carbons (Fsp3) is 0.875. The smallest absolute Gasteiger partial charge is 0.239 e. The van der Waals surface area contributed by atoms with E-state index in [-0.39, 0.29) is 23.7 Å². The zero-order chi connectivity index (χ0) is 15.8. The van der Waals surface area contributed by atoms with E-state index in [1.165, 1.54) is 0 Å². The van der Waals surface area contributed by atoms with E-state index in [2.05, 4.69) is 12.2 Å². The van der Waals surface area contributed by atoms with Gasteiger partial charge in [-0.2, -0.15) is 0 Å². The van der Waals surface area contributed by atoms with Gasteiger partial charge < -0.3 is 16.0 Å². The Balaban J connectivity index is 2.37. The first-order chi connectivity index (χ1) is 10.0. The van der Waals surface area contributed by atoms with E-state index >= 15 is 0 Å². The first kappa shape index (κ1) is 18.0. The number of amides is 2. The summed E-state index contributed by atoms with van der Waals surface area (Å²) in [5.74, 6) is 0.425. The van der Waals surface area contributed by atoms with Gasteiger partial charge in [0.25, 0.3) is 0 Å². The van der Waals surface area contributed by atoms with Crippen molar-refractivity contribution in [2.24, 2.45) is 17.6 Å². The Morgan fingerprint density at radius 3 is 2.43 bits per heavy atom. The molecule has 1 heterocycles. The number of rotatable bonds is 7. The molecule has 122 valence electrons. The highest BCUT2D eigenvalue weighted by Gasteiger charge is 2.30. The molecule has 0 saturated carbocycles. The van der Waals surface area contributed by atoms with Gasteiger partial charge in [-0.1, -0.05) is 33.6 Å². The summed E-state index contributed by atoms with van der Waals surface area (Å²) in [6.45, 7) is 8.22. The number of unbranched alkanes of at least 4 members (excludes halogenated alkanes) is 1. The van der Waals surface area contributed by atoms with Crippen molar-refractivity contribution in [3.05, 3.63) is 0 Å². The van der Waals surface area contributed by atoms with Crippen LogP contribution in [0.3, 0.4) is 0 Å². The zero-order valence-corrected chi connectivity index (χ0v) is 13.7. The maximum Gasteiger partial charge on any atom is 0.239 e. The molecule has 0 bridgehead atoms. The number of piperidine rings is 1. The van der Waals surface area contributed by atoms with Gasteiger partial charge in [-0.3, -0.25) is 9.59 Å². The summed E-state index contributed by atoms with van der Waals surface area (Å²) in [6, 6.07) is -0.412. The number of hydrogen-bond donors (Lipinski definition) is 2. The lowest BCUT2D eigenvalue weighted by atomic mass is 9.93. The Hall–Kier alpha value is -1.10. The molecule has 0 radical (unpaired) electrons. The van der Waals surface area contributed by atoms with Crippen LogP contribution in [0.1, 0.15) is 52.9 Å². The summed E-state index contributed by atoms with van der Waals surface area (Å²) in [7, 11) is 0. The van der Waals surface area contributed by atoms with Crippen molar-refractivity contribution >= 4 is 11.8 Å². The summed E-state index contributed by atoms with van der Waals surface area (Å²) in [5, 5.41) is 2.98. The normalized spacial score (nSPS) is 19.1. The van der Waals surface area contributed by atoms with Crippen LogP contribution in [0.2, 0.25) is 0 Å². The van der Waals surface area contributed by atoms with Crippen LogP contribution in [0.4, 0.5) is 0 Å². The Labute approximate surface area is 128 Å². The molecule has 1 saturated heterocycles. The van der Waals surface area contributed by atoms with Gasteiger partial charge in [0, 0.05) is 25.6 Å². The zero-order valence-electron chi connectivity index (χ0n) is 13.7. The number of nitrogens with two attached hydrogens (primary N) is 1. The fourth-order valence-corrected chi connectivity index (χ4v) is 2.60. The van der Waals surface area contributed by atoms with Gasteiger partial charge in [0.1, 0.15) is 0 Å². The summed E-state index contributed by atoms with van der Waals surface area (Å²) >= 11 is 0. The second-order valence-electron chi connectivity index (χ2n) is 6.16. The topological polar surface area (TPSA) is 75.4 Å². The molecule has 3 N–H and O–H groups in total. The fourth-order valence-electron chi connectivity index (χ4n) is 2.60. The van der Waals surface area contributed by atoms with E-state index < -0.39 is 6.04 Å². The van der Waals surface area contributed by atoms with E-state index in [4.69, 9.17) is 5.73 Å². The summed E-state index contributed by atoms with van der Waals surface area (Å²) in [5.41, 5.74) is 6.01. The molecule has 0 aromatic heterocycles. The van der Waals surface area contributed by atoms with E-state index in [1.807, 2.05) is 18.7 Å². The molecule has 1 aliphatic heterocycles. The number of likely N-dealkylation sites (tertiary alicyclic amines) is 1. The third-order valence-electron chi connectivity index (χ3n) is 4.55. The molecule has 1 rings (SSSR count). The predicted octanol–water partition coefficient (Wildman–Crippen LogP) is 1.51. The van der Waals surface area contributed by atoms with Crippen molar-refractivity contribution < 1.29 is 9.59 Å². The first-order valence-corrected chi connectivity index (χ1v) is 8.33. The SMILES string of the molecule is CCCCNC(=O)C1CCN(C(=O)[C@@H](N)C(C)CC)CC1. The van der Waals surface area contributed by atoms with Gasteiger partial charge in [-0.05, 0) is 25.2 Å². The Morgan fingerprint density at radius 2 is 1.90 bits per heavy atom. The van der Waals surface area contributed by atoms with E-state index in [0.29, 0.717) is 13.1 Å². The molecule has 0 aliphatic carbocycles. The van der Waals surface area contributed by atoms with Crippen LogP contribution in [0, 0.1) is 11.8 Å². The first-order valence-electron chi connectivity index (χ1n) is 8.33. The maximum atomic E-state index is 12.3. The molecule has 1 unspecified atom stereocenters. The lowest BCUT2D eigenvalue weighted by Gasteiger charge is -2.34. The summed E-state index contributed by atoms with van der Waals surface area (Å²) in [6.07, 6.45) is 4.50. The van der Waals surface area contributed by atoms with E-state index in [9.17, 15) is 9.59 Å². The van der Waals surface area contributed by atoms with Crippen molar-refractivity contribution in [3.63, 3.8) is 0 Å². The van der Waals surface area contributed by atoms with Crippen molar-refractivity contribution in [3.8, 4) is 0 Å². The molecular weight excluding hydrogens is 266 g/mol. The van der Waals surface area contributed by atoms with Gasteiger partial charge in [0.15, 0.2) is 0 Å². The quantitative estimate of drug-likeness (QED) is 0.700. The third-order valence-corrected chi connectivity index (χ3v) is 4.55. The Morgan fingerprint density at radius 1 is 1.29 bits per heavy atom. The van der Waals surface area contributed by atoms with Gasteiger partial charge >= 0.3 is 0 Å². The number of hydrogen-bond acceptors (Lipinski definition) is 3. The minimum atomic E-state index is -0.412. The monoisotopic (exact) mass is 297 g/mol. The van der Waals surface area contributed by atoms with Crippen LogP contribution in [0.15, 0.2) is 0 Å². The van der Waals surface area contributed by atoms with Gasteiger partial charge in [-0.25, -0.2) is 0 Å². The number of nitrogens with one attached hydrogen (secondary N) is 1. The van der Waals surface area contributed by atoms with Crippen molar-refractivity contribution in [2.45, 2.75) is 58.9 Å². The lowest BCUT2D eigenvalue weighted by Crippen LogP contribution is -2.50. The molecule has 1 fully saturated rings. The number of nitrogens with zero attached hydrogens (tertiary/aromatic N) is 1. The second-order valence-corrected chi connectivity index (χ2v) is 6.16. The van der Waals surface area contributed by atoms with Crippen LogP contribution < -0.4 is 11.1 Å². The summed E-state index contributed by atoms with van der Waals surface area (Å²) < 4.78 is 0. The highest BCUT2D eigenvalue weighted by atomic mass is 16.2. The molecule has 0 spiro atoms. The minimum Gasteiger partial charge on any atom is -0.356 e. The van der Waals surface area contributed by atoms with Crippen LogP contribution in [-0.4, -0.2) is 42.4 Å². The van der Waals surface area contributed by atoms with Crippen molar-refractivity contribution in [1.29, 1.82) is 0 Å². The Kier molecular flexibility index (Phi) is 7.72. The average Bonchev–Trinajstić information content (AvgIpc) is 2.52. The van der Waals surface area contributed by atoms with Crippen molar-refractivity contribution in [2.75, 3.05) is 19.6 Å². The number of carbonyl (C=O) groups is 2. The molecule has 2 amide bonds. The van der Waals surface area contributed by atoms with Crippen LogP contribution >= 0.6 is 0 Å². The minimum absolute atomic E-state index is 0.0363. The predicted molar refractivity (Wildman–Crippen MR) is 84.7 cm³/mol. The van der Waals surface area contributed by atoms with E-state index in [0.717, 1.165) is 38.6 Å². The van der Waals surface area contributed by atoms with Crippen LogP contribution in [0.5, 0.6) is 0 Å². The lowest BCUT2D eigenvalue weighted by molar-refractivity contribution is -0.137. The molecule has 5 heteroatoms. The Bertz CT molecular complexity index is 338. The molecule has 1 aliphatic rings. The highest BCUT2D eigenvalue weighted by molar-refractivity contribution is 5.83. The van der Waals surface area contributed by atoms with Gasteiger partial charge in [-0.15, -0.1) is 0 Å². The van der Waals surface area contributed by atoms with Gasteiger partial charge in [0.2, 0.25) is 11.8 Å². The average molecular weight is 297 g/mol. The largest absolute Gasteiger partial charge is 0.356 e. The second kappa shape index (κ2) is 9.03. The molecule has 0 aromatic carbocycles. The maximum absolute atomic E-state index is 12.3. The van der Waals surface area contributed by atoms with Gasteiger partial charge in [0.05, 0.1) is 6.04 Å². The molecular formula is C16H31N3O2.